The summed E-state index contributed by atoms with van der Waals surface area (Å²) >= 11 is 1.80. The molecule has 2 aliphatic heterocycles. The highest BCUT2D eigenvalue weighted by molar-refractivity contribution is 7.09. The zero-order valence-corrected chi connectivity index (χ0v) is 14.3. The van der Waals surface area contributed by atoms with Crippen LogP contribution in [0, 0.1) is 5.41 Å². The lowest BCUT2D eigenvalue weighted by molar-refractivity contribution is -0.128. The molecule has 0 bridgehead atoms. The molecule has 1 spiro atoms. The number of hydrogen-bond donors (Lipinski definition) is 0. The Kier molecular flexibility index (Phi) is 3.73. The Morgan fingerprint density at radius 1 is 1.35 bits per heavy atom. The second-order valence-corrected chi connectivity index (χ2v) is 7.79. The third-order valence-electron chi connectivity index (χ3n) is 5.13. The Morgan fingerprint density at radius 2 is 2.26 bits per heavy atom. The number of hydrogen-bond acceptors (Lipinski definition) is 4. The molecule has 23 heavy (non-hydrogen) atoms. The fourth-order valence-electron chi connectivity index (χ4n) is 3.98. The molecule has 0 N–H and O–H groups in total. The lowest BCUT2D eigenvalue weighted by atomic mass is 9.78. The van der Waals surface area contributed by atoms with Gasteiger partial charge in [-0.2, -0.15) is 5.10 Å². The van der Waals surface area contributed by atoms with E-state index in [0.717, 1.165) is 51.1 Å². The highest BCUT2D eigenvalue weighted by atomic mass is 32.1. The summed E-state index contributed by atoms with van der Waals surface area (Å²) in [5.74, 6) is 0.293. The van der Waals surface area contributed by atoms with Gasteiger partial charge in [-0.3, -0.25) is 14.4 Å². The number of nitrogens with zero attached hydrogens (tertiary/aromatic N) is 4. The maximum absolute atomic E-state index is 13.1. The van der Waals surface area contributed by atoms with Gasteiger partial charge in [0.1, 0.15) is 0 Å². The van der Waals surface area contributed by atoms with Crippen molar-refractivity contribution < 1.29 is 4.79 Å². The number of aryl methyl sites for hydroxylation is 1. The van der Waals surface area contributed by atoms with Crippen LogP contribution in [0.25, 0.3) is 0 Å². The molecule has 2 saturated heterocycles. The molecule has 1 unspecified atom stereocenters. The van der Waals surface area contributed by atoms with Crippen LogP contribution < -0.4 is 4.90 Å². The minimum atomic E-state index is -0.189. The second-order valence-electron chi connectivity index (χ2n) is 6.75. The molecule has 2 aromatic heterocycles. The van der Waals surface area contributed by atoms with E-state index >= 15 is 0 Å². The van der Waals surface area contributed by atoms with Gasteiger partial charge in [0.05, 0.1) is 17.3 Å². The average molecular weight is 330 g/mol. The number of likely N-dealkylation sites (tertiary alicyclic amines) is 1. The number of anilines is 1. The van der Waals surface area contributed by atoms with Crippen LogP contribution in [0.3, 0.4) is 0 Å². The third-order valence-corrected chi connectivity index (χ3v) is 5.99. The van der Waals surface area contributed by atoms with Crippen LogP contribution in [0.15, 0.2) is 29.9 Å². The molecule has 1 amide bonds. The van der Waals surface area contributed by atoms with E-state index < -0.39 is 0 Å². The van der Waals surface area contributed by atoms with Crippen molar-refractivity contribution in [1.29, 1.82) is 0 Å². The number of aromatic nitrogens is 2. The second kappa shape index (κ2) is 5.76. The van der Waals surface area contributed by atoms with Crippen LogP contribution >= 0.6 is 11.3 Å². The quantitative estimate of drug-likeness (QED) is 0.868. The number of thiophene rings is 1. The van der Waals surface area contributed by atoms with Gasteiger partial charge in [0.2, 0.25) is 5.91 Å². The molecule has 122 valence electrons. The Hall–Kier alpha value is -1.66. The van der Waals surface area contributed by atoms with Gasteiger partial charge < -0.3 is 4.90 Å². The summed E-state index contributed by atoms with van der Waals surface area (Å²) in [6.07, 6.45) is 6.82. The normalized spacial score (nSPS) is 25.6. The van der Waals surface area contributed by atoms with Gasteiger partial charge in [-0.1, -0.05) is 6.07 Å². The minimum absolute atomic E-state index is 0.189. The van der Waals surface area contributed by atoms with Crippen molar-refractivity contribution in [3.63, 3.8) is 0 Å². The molecule has 1 atom stereocenters. The lowest BCUT2D eigenvalue weighted by Crippen LogP contribution is -2.47. The fraction of sp³-hybridized carbons (Fsp3) is 0.529. The summed E-state index contributed by atoms with van der Waals surface area (Å²) in [4.78, 5) is 18.9. The van der Waals surface area contributed by atoms with E-state index in [0.29, 0.717) is 5.91 Å². The monoisotopic (exact) mass is 330 g/mol. The van der Waals surface area contributed by atoms with Gasteiger partial charge in [0, 0.05) is 37.8 Å². The van der Waals surface area contributed by atoms with Gasteiger partial charge in [-0.05, 0) is 37.3 Å². The zero-order valence-electron chi connectivity index (χ0n) is 13.4. The number of carbonyl (C=O) groups excluding carboxylic acids is 1. The SMILES string of the molecule is Cn1cc(N2CCC3(CCCN(Cc4cccs4)C3)C2=O)cn1. The average Bonchev–Trinajstić information content (AvgIpc) is 3.24. The van der Waals surface area contributed by atoms with Crippen LogP contribution in [-0.4, -0.2) is 40.2 Å². The summed E-state index contributed by atoms with van der Waals surface area (Å²) in [6, 6.07) is 4.29. The van der Waals surface area contributed by atoms with Crippen LogP contribution in [0.2, 0.25) is 0 Å². The van der Waals surface area contributed by atoms with Crippen molar-refractivity contribution in [1.82, 2.24) is 14.7 Å². The molecule has 2 fully saturated rings. The highest BCUT2D eigenvalue weighted by Crippen LogP contribution is 2.42. The molecule has 6 heteroatoms. The third kappa shape index (κ3) is 2.70. The van der Waals surface area contributed by atoms with E-state index in [1.807, 2.05) is 18.1 Å². The standard InChI is InChI=1S/C17H22N4OS/c1-19-11-14(10-18-19)21-8-6-17(16(21)22)5-3-7-20(13-17)12-15-4-2-9-23-15/h2,4,9-11H,3,5-8,12-13H2,1H3. The van der Waals surface area contributed by atoms with Crippen LogP contribution in [0.5, 0.6) is 0 Å². The first-order chi connectivity index (χ1) is 11.2. The summed E-state index contributed by atoms with van der Waals surface area (Å²) < 4.78 is 1.76. The molecule has 2 aromatic rings. The Labute approximate surface area is 140 Å². The molecular formula is C17H22N4OS. The van der Waals surface area contributed by atoms with Crippen LogP contribution in [-0.2, 0) is 18.4 Å². The summed E-state index contributed by atoms with van der Waals surface area (Å²) in [5.41, 5.74) is 0.746. The summed E-state index contributed by atoms with van der Waals surface area (Å²) in [6.45, 7) is 3.78. The Morgan fingerprint density at radius 3 is 3.00 bits per heavy atom. The Balaban J connectivity index is 1.50. The lowest BCUT2D eigenvalue weighted by Gasteiger charge is -2.38. The van der Waals surface area contributed by atoms with E-state index in [1.165, 1.54) is 4.88 Å². The minimum Gasteiger partial charge on any atom is -0.309 e. The molecule has 2 aliphatic rings. The molecule has 4 rings (SSSR count). The molecule has 0 aliphatic carbocycles. The highest BCUT2D eigenvalue weighted by Gasteiger charge is 2.49. The molecule has 0 aromatic carbocycles. The first-order valence-electron chi connectivity index (χ1n) is 8.22. The largest absolute Gasteiger partial charge is 0.309 e. The van der Waals surface area contributed by atoms with Gasteiger partial charge in [0.25, 0.3) is 0 Å². The molecule has 0 radical (unpaired) electrons. The van der Waals surface area contributed by atoms with E-state index in [9.17, 15) is 4.79 Å². The topological polar surface area (TPSA) is 41.4 Å². The fourth-order valence-corrected chi connectivity index (χ4v) is 4.72. The van der Waals surface area contributed by atoms with E-state index in [2.05, 4.69) is 27.5 Å². The number of amides is 1. The number of piperidine rings is 1. The predicted octanol–water partition coefficient (Wildman–Crippen LogP) is 2.50. The van der Waals surface area contributed by atoms with E-state index in [-0.39, 0.29) is 5.41 Å². The van der Waals surface area contributed by atoms with Crippen molar-refractivity contribution in [2.75, 3.05) is 24.5 Å². The van der Waals surface area contributed by atoms with E-state index in [4.69, 9.17) is 0 Å². The zero-order chi connectivity index (χ0) is 15.9. The molecule has 5 nitrogen and oxygen atoms in total. The van der Waals surface area contributed by atoms with Crippen molar-refractivity contribution in [2.24, 2.45) is 12.5 Å². The maximum atomic E-state index is 13.1. The van der Waals surface area contributed by atoms with Crippen molar-refractivity contribution >= 4 is 22.9 Å². The van der Waals surface area contributed by atoms with Crippen LogP contribution in [0.4, 0.5) is 5.69 Å². The smallest absolute Gasteiger partial charge is 0.234 e. The van der Waals surface area contributed by atoms with Crippen LogP contribution in [0.1, 0.15) is 24.1 Å². The van der Waals surface area contributed by atoms with Gasteiger partial charge in [0.15, 0.2) is 0 Å². The molecule has 4 heterocycles. The van der Waals surface area contributed by atoms with Gasteiger partial charge in [-0.25, -0.2) is 0 Å². The summed E-state index contributed by atoms with van der Waals surface area (Å²) in [7, 11) is 1.89. The number of carbonyl (C=O) groups is 1. The first-order valence-corrected chi connectivity index (χ1v) is 9.10. The van der Waals surface area contributed by atoms with Gasteiger partial charge in [-0.15, -0.1) is 11.3 Å². The summed E-state index contributed by atoms with van der Waals surface area (Å²) in [5, 5.41) is 6.33. The predicted molar refractivity (Wildman–Crippen MR) is 91.4 cm³/mol. The van der Waals surface area contributed by atoms with Crippen molar-refractivity contribution in [2.45, 2.75) is 25.8 Å². The number of rotatable bonds is 3. The van der Waals surface area contributed by atoms with E-state index in [1.54, 1.807) is 22.2 Å². The molecular weight excluding hydrogens is 308 g/mol. The maximum Gasteiger partial charge on any atom is 0.234 e. The molecule has 0 saturated carbocycles. The van der Waals surface area contributed by atoms with Gasteiger partial charge >= 0.3 is 0 Å². The van der Waals surface area contributed by atoms with Crippen molar-refractivity contribution in [3.8, 4) is 0 Å². The first kappa shape index (κ1) is 14.9. The van der Waals surface area contributed by atoms with Crippen molar-refractivity contribution in [3.05, 3.63) is 34.8 Å². The Bertz CT molecular complexity index is 695.